The van der Waals surface area contributed by atoms with E-state index in [0.717, 1.165) is 0 Å². The van der Waals surface area contributed by atoms with Crippen molar-refractivity contribution in [3.63, 3.8) is 0 Å². The standard InChI is InChI=1S/C56H34/c1-6-18-35(19-7-1)46-34-47(36-20-8-2-9-21-36)53-42-30-31-44-52-45(33-32-43(51(42)52)54(53)50(46)39-26-14-5-15-27-39)56-49(38-24-12-4-13-25-38)41-29-17-16-28-40(41)48(55(44)56)37-22-10-3-11-23-37/h1-34H. The summed E-state index contributed by atoms with van der Waals surface area (Å²) in [6.45, 7) is 0. The second-order valence-electron chi connectivity index (χ2n) is 15.0. The molecule has 56 heavy (non-hydrogen) atoms. The van der Waals surface area contributed by atoms with Crippen molar-refractivity contribution in [2.75, 3.05) is 0 Å². The van der Waals surface area contributed by atoms with Gasteiger partial charge in [-0.05, 0) is 128 Å². The second kappa shape index (κ2) is 12.1. The summed E-state index contributed by atoms with van der Waals surface area (Å²) in [5, 5.41) is 5.28. The molecule has 0 spiro atoms. The number of benzene rings is 10. The van der Waals surface area contributed by atoms with Gasteiger partial charge in [0.1, 0.15) is 0 Å². The van der Waals surface area contributed by atoms with Gasteiger partial charge in [0.15, 0.2) is 0 Å². The minimum absolute atomic E-state index is 1.22. The van der Waals surface area contributed by atoms with Gasteiger partial charge in [0, 0.05) is 0 Å². The van der Waals surface area contributed by atoms with Crippen LogP contribution in [0.15, 0.2) is 206 Å². The summed E-state index contributed by atoms with van der Waals surface area (Å²) in [4.78, 5) is 0. The lowest BCUT2D eigenvalue weighted by Crippen LogP contribution is -1.94. The molecule has 10 aromatic carbocycles. The molecule has 0 saturated heterocycles. The lowest BCUT2D eigenvalue weighted by molar-refractivity contribution is 1.56. The molecule has 0 unspecified atom stereocenters. The number of hydrogen-bond donors (Lipinski definition) is 0. The molecule has 0 heterocycles. The Morgan fingerprint density at radius 2 is 0.464 bits per heavy atom. The van der Waals surface area contributed by atoms with E-state index in [4.69, 9.17) is 0 Å². The molecular weight excluding hydrogens is 673 g/mol. The summed E-state index contributed by atoms with van der Waals surface area (Å²) in [7, 11) is 0. The van der Waals surface area contributed by atoms with E-state index < -0.39 is 0 Å². The largest absolute Gasteiger partial charge is 0.0622 e. The van der Waals surface area contributed by atoms with Gasteiger partial charge in [0.2, 0.25) is 0 Å². The Morgan fingerprint density at radius 3 is 0.857 bits per heavy atom. The zero-order valence-electron chi connectivity index (χ0n) is 30.6. The van der Waals surface area contributed by atoms with Crippen molar-refractivity contribution in [1.82, 2.24) is 0 Å². The second-order valence-corrected chi connectivity index (χ2v) is 15.0. The average Bonchev–Trinajstić information content (AvgIpc) is 3.79. The van der Waals surface area contributed by atoms with Crippen LogP contribution in [0.5, 0.6) is 0 Å². The van der Waals surface area contributed by atoms with Gasteiger partial charge >= 0.3 is 0 Å². The van der Waals surface area contributed by atoms with Gasteiger partial charge in [-0.25, -0.2) is 0 Å². The first-order chi connectivity index (χ1) is 27.8. The highest BCUT2D eigenvalue weighted by atomic mass is 14.4. The van der Waals surface area contributed by atoms with Gasteiger partial charge in [-0.2, -0.15) is 0 Å². The van der Waals surface area contributed by atoms with Crippen LogP contribution in [0.2, 0.25) is 0 Å². The fraction of sp³-hybridized carbons (Fsp3) is 0. The van der Waals surface area contributed by atoms with Crippen molar-refractivity contribution in [3.8, 4) is 100 Å². The van der Waals surface area contributed by atoms with E-state index in [1.54, 1.807) is 0 Å². The molecule has 0 atom stereocenters. The topological polar surface area (TPSA) is 0 Å². The Bertz CT molecular complexity index is 3090. The normalized spacial score (nSPS) is 11.9. The molecule has 0 bridgehead atoms. The quantitative estimate of drug-likeness (QED) is 0.167. The van der Waals surface area contributed by atoms with Crippen molar-refractivity contribution in [1.29, 1.82) is 0 Å². The highest BCUT2D eigenvalue weighted by molar-refractivity contribution is 6.34. The lowest BCUT2D eigenvalue weighted by Gasteiger charge is -2.21. The van der Waals surface area contributed by atoms with E-state index >= 15 is 0 Å². The first-order valence-electron chi connectivity index (χ1n) is 19.5. The summed E-state index contributed by atoms with van der Waals surface area (Å²) in [6.07, 6.45) is 0. The molecule has 2 aliphatic carbocycles. The van der Waals surface area contributed by atoms with Crippen LogP contribution in [0.3, 0.4) is 0 Å². The predicted octanol–water partition coefficient (Wildman–Crippen LogP) is 15.6. The molecule has 0 saturated carbocycles. The van der Waals surface area contributed by atoms with Crippen molar-refractivity contribution in [2.45, 2.75) is 0 Å². The fourth-order valence-electron chi connectivity index (χ4n) is 9.94. The van der Waals surface area contributed by atoms with Crippen LogP contribution in [0.4, 0.5) is 0 Å². The van der Waals surface area contributed by atoms with Crippen molar-refractivity contribution >= 4 is 21.5 Å². The summed E-state index contributed by atoms with van der Waals surface area (Å²) in [5.41, 5.74) is 23.1. The maximum absolute atomic E-state index is 2.46. The first-order valence-corrected chi connectivity index (χ1v) is 19.5. The van der Waals surface area contributed by atoms with Crippen molar-refractivity contribution in [3.05, 3.63) is 206 Å². The Hall–Kier alpha value is -7.28. The number of rotatable bonds is 5. The Labute approximate surface area is 326 Å². The van der Waals surface area contributed by atoms with Crippen LogP contribution < -0.4 is 0 Å². The monoisotopic (exact) mass is 706 g/mol. The molecule has 2 aliphatic rings. The zero-order valence-corrected chi connectivity index (χ0v) is 30.6. The highest BCUT2D eigenvalue weighted by Gasteiger charge is 2.36. The maximum Gasteiger partial charge on any atom is -0.000740 e. The van der Waals surface area contributed by atoms with Gasteiger partial charge in [0.05, 0.1) is 0 Å². The van der Waals surface area contributed by atoms with Crippen LogP contribution in [-0.4, -0.2) is 0 Å². The fourth-order valence-corrected chi connectivity index (χ4v) is 9.94. The van der Waals surface area contributed by atoms with Crippen LogP contribution in [0.1, 0.15) is 0 Å². The minimum atomic E-state index is 1.22. The van der Waals surface area contributed by atoms with E-state index in [1.165, 1.54) is 122 Å². The van der Waals surface area contributed by atoms with Crippen LogP contribution in [-0.2, 0) is 0 Å². The van der Waals surface area contributed by atoms with Crippen LogP contribution in [0.25, 0.3) is 122 Å². The third-order valence-corrected chi connectivity index (χ3v) is 12.1. The van der Waals surface area contributed by atoms with Gasteiger partial charge in [-0.1, -0.05) is 200 Å². The molecule has 258 valence electrons. The number of hydrogen-bond acceptors (Lipinski definition) is 0. The Kier molecular flexibility index (Phi) is 6.73. The molecule has 0 nitrogen and oxygen atoms in total. The third-order valence-electron chi connectivity index (χ3n) is 12.1. The maximum atomic E-state index is 2.46. The molecule has 0 heteroatoms. The minimum Gasteiger partial charge on any atom is -0.0622 e. The van der Waals surface area contributed by atoms with Gasteiger partial charge in [-0.3, -0.25) is 0 Å². The van der Waals surface area contributed by atoms with E-state index in [1.807, 2.05) is 0 Å². The Morgan fingerprint density at radius 1 is 0.179 bits per heavy atom. The summed E-state index contributed by atoms with van der Waals surface area (Å²) >= 11 is 0. The first kappa shape index (κ1) is 31.1. The van der Waals surface area contributed by atoms with Crippen LogP contribution >= 0.6 is 0 Å². The summed E-state index contributed by atoms with van der Waals surface area (Å²) in [6, 6.07) is 76.2. The molecular formula is C56H34. The van der Waals surface area contributed by atoms with E-state index in [0.29, 0.717) is 0 Å². The molecule has 0 radical (unpaired) electrons. The predicted molar refractivity (Wildman–Crippen MR) is 237 cm³/mol. The highest BCUT2D eigenvalue weighted by Crippen LogP contribution is 2.64. The SMILES string of the molecule is c1ccc(-c2cc(-c3ccccc3)c3c(c2-c2ccccc2)-c2ccc4c5c(ccc-3c25)-c2c-4c(-c3ccccc3)c3ccccc3c2-c2ccccc2)cc1. The van der Waals surface area contributed by atoms with E-state index in [-0.39, 0.29) is 0 Å². The van der Waals surface area contributed by atoms with E-state index in [9.17, 15) is 0 Å². The lowest BCUT2D eigenvalue weighted by atomic mass is 9.81. The zero-order chi connectivity index (χ0) is 36.7. The van der Waals surface area contributed by atoms with Gasteiger partial charge in [-0.15, -0.1) is 0 Å². The third kappa shape index (κ3) is 4.36. The number of fused-ring (bicyclic) bond motifs is 7. The van der Waals surface area contributed by atoms with Crippen molar-refractivity contribution < 1.29 is 0 Å². The molecule has 12 rings (SSSR count). The van der Waals surface area contributed by atoms with Gasteiger partial charge in [0.25, 0.3) is 0 Å². The molecule has 0 amide bonds. The smallest absolute Gasteiger partial charge is 0.000740 e. The summed E-state index contributed by atoms with van der Waals surface area (Å²) < 4.78 is 0. The van der Waals surface area contributed by atoms with Gasteiger partial charge < -0.3 is 0 Å². The van der Waals surface area contributed by atoms with Crippen molar-refractivity contribution in [2.24, 2.45) is 0 Å². The van der Waals surface area contributed by atoms with E-state index in [2.05, 4.69) is 206 Å². The van der Waals surface area contributed by atoms with Crippen LogP contribution in [0, 0.1) is 0 Å². The summed E-state index contributed by atoms with van der Waals surface area (Å²) in [5.74, 6) is 0. The Balaban J connectivity index is 1.26. The molecule has 10 aromatic rings. The molecule has 0 aromatic heterocycles. The molecule has 0 N–H and O–H groups in total. The molecule has 0 aliphatic heterocycles. The molecule has 0 fully saturated rings. The average molecular weight is 707 g/mol.